The maximum Gasteiger partial charge on any atom is 0.410 e. The van der Waals surface area contributed by atoms with E-state index in [1.54, 1.807) is 24.2 Å². The van der Waals surface area contributed by atoms with Crippen molar-refractivity contribution < 1.29 is 19.1 Å². The predicted molar refractivity (Wildman–Crippen MR) is 74.1 cm³/mol. The Bertz CT molecular complexity index is 473. The van der Waals surface area contributed by atoms with Crippen LogP contribution in [0.15, 0.2) is 24.0 Å². The minimum absolute atomic E-state index is 0.133. The molecule has 0 radical (unpaired) electrons. The minimum Gasteiger partial charge on any atom is -0.499 e. The number of ether oxygens (including phenoxy) is 2. The van der Waals surface area contributed by atoms with E-state index in [1.165, 1.54) is 0 Å². The van der Waals surface area contributed by atoms with Crippen molar-refractivity contribution in [3.63, 3.8) is 0 Å². The minimum atomic E-state index is -0.560. The number of methoxy groups -OCH3 is 1. The molecule has 20 heavy (non-hydrogen) atoms. The number of likely N-dealkylation sites (tertiary alicyclic amines) is 1. The summed E-state index contributed by atoms with van der Waals surface area (Å²) in [7, 11) is 1.55. The molecular weight excluding hydrogens is 258 g/mol. The fourth-order valence-electron chi connectivity index (χ4n) is 2.53. The van der Waals surface area contributed by atoms with Gasteiger partial charge in [-0.25, -0.2) is 4.79 Å². The second kappa shape index (κ2) is 5.31. The first-order valence-corrected chi connectivity index (χ1v) is 6.78. The number of Topliss-reactive ketones (excluding diaryl/α,β-unsaturated/α-hetero) is 1. The van der Waals surface area contributed by atoms with Crippen LogP contribution in [0.25, 0.3) is 0 Å². The lowest BCUT2D eigenvalue weighted by molar-refractivity contribution is -0.126. The van der Waals surface area contributed by atoms with E-state index in [-0.39, 0.29) is 17.7 Å². The summed E-state index contributed by atoms with van der Waals surface area (Å²) in [6.45, 7) is 5.84. The average Bonchev–Trinajstić information content (AvgIpc) is 2.36. The predicted octanol–water partition coefficient (Wildman–Crippen LogP) is 2.28. The molecule has 2 aliphatic rings. The molecule has 0 aromatic carbocycles. The van der Waals surface area contributed by atoms with E-state index >= 15 is 0 Å². The van der Waals surface area contributed by atoms with Gasteiger partial charge >= 0.3 is 6.09 Å². The quantitative estimate of drug-likeness (QED) is 0.739. The Morgan fingerprint density at radius 2 is 2.10 bits per heavy atom. The molecule has 5 nitrogen and oxygen atoms in total. The first-order chi connectivity index (χ1) is 9.33. The molecule has 5 heteroatoms. The number of allylic oxidation sites excluding steroid dienone is 2. The zero-order valence-corrected chi connectivity index (χ0v) is 12.4. The molecule has 1 aliphatic carbocycles. The van der Waals surface area contributed by atoms with Crippen molar-refractivity contribution in [1.29, 1.82) is 0 Å². The number of nitrogens with zero attached hydrogens (tertiary/aromatic N) is 1. The molecule has 2 rings (SSSR count). The third kappa shape index (κ3) is 2.86. The first kappa shape index (κ1) is 14.6. The lowest BCUT2D eigenvalue weighted by Crippen LogP contribution is -2.54. The Balaban J connectivity index is 2.25. The van der Waals surface area contributed by atoms with E-state index in [0.29, 0.717) is 18.7 Å². The summed E-state index contributed by atoms with van der Waals surface area (Å²) in [5, 5.41) is 0. The van der Waals surface area contributed by atoms with Gasteiger partial charge in [0.25, 0.3) is 0 Å². The van der Waals surface area contributed by atoms with Gasteiger partial charge in [0.15, 0.2) is 0 Å². The number of carbonyl (C=O) groups is 2. The van der Waals surface area contributed by atoms with Crippen LogP contribution in [0, 0.1) is 5.92 Å². The standard InChI is InChI=1S/C15H21NO4/c1-15(2,3)20-14(18)16-9-8-11(17)10-6-5-7-12(19-4)13(10)16/h5-7,10,13H,8-9H2,1-4H3. The molecule has 1 heterocycles. The van der Waals surface area contributed by atoms with Crippen LogP contribution >= 0.6 is 0 Å². The van der Waals surface area contributed by atoms with Gasteiger partial charge in [-0.1, -0.05) is 12.2 Å². The number of ketones is 1. The fraction of sp³-hybridized carbons (Fsp3) is 0.600. The van der Waals surface area contributed by atoms with Gasteiger partial charge in [0.05, 0.1) is 13.0 Å². The van der Waals surface area contributed by atoms with Gasteiger partial charge in [-0.2, -0.15) is 0 Å². The van der Waals surface area contributed by atoms with Crippen molar-refractivity contribution in [3.8, 4) is 0 Å². The number of amides is 1. The molecule has 2 unspecified atom stereocenters. The zero-order valence-electron chi connectivity index (χ0n) is 12.4. The van der Waals surface area contributed by atoms with Gasteiger partial charge in [0.1, 0.15) is 23.2 Å². The van der Waals surface area contributed by atoms with Crippen LogP contribution in [0.4, 0.5) is 4.79 Å². The number of fused-ring (bicyclic) bond motifs is 1. The Morgan fingerprint density at radius 1 is 1.40 bits per heavy atom. The lowest BCUT2D eigenvalue weighted by atomic mass is 9.84. The molecule has 1 fully saturated rings. The van der Waals surface area contributed by atoms with Gasteiger partial charge in [0.2, 0.25) is 0 Å². The molecule has 0 spiro atoms. The number of hydrogen-bond donors (Lipinski definition) is 0. The largest absolute Gasteiger partial charge is 0.499 e. The number of rotatable bonds is 1. The SMILES string of the molecule is COC1=CC=CC2C(=O)CCN(C(=O)OC(C)(C)C)C12. The summed E-state index contributed by atoms with van der Waals surface area (Å²) in [5.74, 6) is 0.418. The summed E-state index contributed by atoms with van der Waals surface area (Å²) in [6.07, 6.45) is 5.36. The molecule has 1 saturated heterocycles. The summed E-state index contributed by atoms with van der Waals surface area (Å²) >= 11 is 0. The van der Waals surface area contributed by atoms with Crippen LogP contribution in [0.3, 0.4) is 0 Å². The van der Waals surface area contributed by atoms with Gasteiger partial charge < -0.3 is 9.47 Å². The lowest BCUT2D eigenvalue weighted by Gasteiger charge is -2.41. The summed E-state index contributed by atoms with van der Waals surface area (Å²) < 4.78 is 10.8. The molecular formula is C15H21NO4. The normalized spacial score (nSPS) is 25.9. The molecule has 0 aromatic rings. The molecule has 0 bridgehead atoms. The van der Waals surface area contributed by atoms with Crippen LogP contribution in [0.1, 0.15) is 27.2 Å². The Labute approximate surface area is 119 Å². The number of piperidine rings is 1. The van der Waals surface area contributed by atoms with E-state index in [0.717, 1.165) is 0 Å². The molecule has 0 aromatic heterocycles. The highest BCUT2D eigenvalue weighted by atomic mass is 16.6. The molecule has 110 valence electrons. The highest BCUT2D eigenvalue weighted by Gasteiger charge is 2.43. The van der Waals surface area contributed by atoms with Crippen LogP contribution in [-0.4, -0.2) is 42.1 Å². The third-order valence-electron chi connectivity index (χ3n) is 3.38. The maximum atomic E-state index is 12.3. The monoisotopic (exact) mass is 279 g/mol. The van der Waals surface area contributed by atoms with Gasteiger partial charge in [-0.05, 0) is 26.8 Å². The second-order valence-corrected chi connectivity index (χ2v) is 6.02. The Kier molecular flexibility index (Phi) is 3.88. The first-order valence-electron chi connectivity index (χ1n) is 6.78. The molecule has 0 N–H and O–H groups in total. The van der Waals surface area contributed by atoms with Gasteiger partial charge in [-0.3, -0.25) is 9.69 Å². The summed E-state index contributed by atoms with van der Waals surface area (Å²) in [6, 6.07) is -0.388. The highest BCUT2D eigenvalue weighted by Crippen LogP contribution is 2.31. The van der Waals surface area contributed by atoms with Crippen molar-refractivity contribution in [2.75, 3.05) is 13.7 Å². The van der Waals surface area contributed by atoms with Gasteiger partial charge in [-0.15, -0.1) is 0 Å². The Morgan fingerprint density at radius 3 is 2.70 bits per heavy atom. The molecule has 0 saturated carbocycles. The van der Waals surface area contributed by atoms with Crippen LogP contribution in [0.2, 0.25) is 0 Å². The van der Waals surface area contributed by atoms with Crippen LogP contribution < -0.4 is 0 Å². The van der Waals surface area contributed by atoms with E-state index < -0.39 is 11.7 Å². The molecule has 1 amide bonds. The van der Waals surface area contributed by atoms with Crippen molar-refractivity contribution in [1.82, 2.24) is 4.90 Å². The van der Waals surface area contributed by atoms with E-state index in [2.05, 4.69) is 0 Å². The van der Waals surface area contributed by atoms with Crippen LogP contribution in [-0.2, 0) is 14.3 Å². The smallest absolute Gasteiger partial charge is 0.410 e. The zero-order chi connectivity index (χ0) is 14.9. The molecule has 1 aliphatic heterocycles. The van der Waals surface area contributed by atoms with Gasteiger partial charge in [0, 0.05) is 13.0 Å². The van der Waals surface area contributed by atoms with Crippen molar-refractivity contribution in [2.24, 2.45) is 5.92 Å². The van der Waals surface area contributed by atoms with Crippen LogP contribution in [0.5, 0.6) is 0 Å². The number of carbonyl (C=O) groups excluding carboxylic acids is 2. The van der Waals surface area contributed by atoms with E-state index in [4.69, 9.17) is 9.47 Å². The maximum absolute atomic E-state index is 12.3. The fourth-order valence-corrected chi connectivity index (χ4v) is 2.53. The van der Waals surface area contributed by atoms with Crippen molar-refractivity contribution in [2.45, 2.75) is 38.8 Å². The second-order valence-electron chi connectivity index (χ2n) is 6.02. The highest BCUT2D eigenvalue weighted by molar-refractivity contribution is 5.87. The third-order valence-corrected chi connectivity index (χ3v) is 3.38. The van der Waals surface area contributed by atoms with Crippen molar-refractivity contribution >= 4 is 11.9 Å². The average molecular weight is 279 g/mol. The van der Waals surface area contributed by atoms with E-state index in [1.807, 2.05) is 26.8 Å². The summed E-state index contributed by atoms with van der Waals surface area (Å²) in [4.78, 5) is 25.9. The molecule has 2 atom stereocenters. The Hall–Kier alpha value is -1.78. The summed E-state index contributed by atoms with van der Waals surface area (Å²) in [5.41, 5.74) is -0.560. The number of hydrogen-bond acceptors (Lipinski definition) is 4. The van der Waals surface area contributed by atoms with E-state index in [9.17, 15) is 9.59 Å². The van der Waals surface area contributed by atoms with Crippen molar-refractivity contribution in [3.05, 3.63) is 24.0 Å². The topological polar surface area (TPSA) is 55.8 Å².